The summed E-state index contributed by atoms with van der Waals surface area (Å²) in [6, 6.07) is 2.62. The van der Waals surface area contributed by atoms with Gasteiger partial charge in [0.15, 0.2) is 11.5 Å². The Morgan fingerprint density at radius 3 is 2.52 bits per heavy atom. The first kappa shape index (κ1) is 17.8. The van der Waals surface area contributed by atoms with Crippen molar-refractivity contribution in [3.05, 3.63) is 22.7 Å². The second-order valence-electron chi connectivity index (χ2n) is 5.55. The maximum absolute atomic E-state index is 11.8. The third-order valence-electron chi connectivity index (χ3n) is 3.99. The number of carboxylic acid groups (broad SMARTS) is 1. The highest BCUT2D eigenvalue weighted by Crippen LogP contribution is 2.39. The van der Waals surface area contributed by atoms with Crippen LogP contribution in [0.4, 0.5) is 0 Å². The summed E-state index contributed by atoms with van der Waals surface area (Å²) in [5, 5.41) is 10.1. The Balaban J connectivity index is 2.36. The first-order valence-corrected chi connectivity index (χ1v) is 8.01. The first-order valence-electron chi connectivity index (χ1n) is 7.63. The van der Waals surface area contributed by atoms with E-state index >= 15 is 0 Å². The molecular weight excluding hydrogens is 320 g/mol. The molecule has 0 radical (unpaired) electrons. The molecule has 0 saturated carbocycles. The van der Waals surface area contributed by atoms with Gasteiger partial charge < -0.3 is 19.5 Å². The average Bonchev–Trinajstić information content (AvgIpc) is 2.51. The number of nitrogens with zero attached hydrogens (tertiary/aromatic N) is 2. The number of carboxylic acids is 1. The minimum absolute atomic E-state index is 0.363. The highest BCUT2D eigenvalue weighted by molar-refractivity contribution is 6.32. The van der Waals surface area contributed by atoms with Crippen LogP contribution in [0.1, 0.15) is 18.5 Å². The smallest absolute Gasteiger partial charge is 0.325 e. The normalized spacial score (nSPS) is 17.7. The van der Waals surface area contributed by atoms with E-state index in [4.69, 9.17) is 21.1 Å². The Labute approximate surface area is 141 Å². The van der Waals surface area contributed by atoms with E-state index in [0.29, 0.717) is 41.8 Å². The molecule has 1 aliphatic rings. The predicted octanol–water partition coefficient (Wildman–Crippen LogP) is 2.12. The zero-order valence-corrected chi connectivity index (χ0v) is 14.5. The number of aliphatic carboxylic acids is 1. The van der Waals surface area contributed by atoms with E-state index in [1.54, 1.807) is 12.1 Å². The van der Waals surface area contributed by atoms with E-state index in [9.17, 15) is 9.90 Å². The highest BCUT2D eigenvalue weighted by Gasteiger charge is 2.31. The summed E-state index contributed by atoms with van der Waals surface area (Å²) < 4.78 is 10.8. The molecule has 1 heterocycles. The van der Waals surface area contributed by atoms with Crippen molar-refractivity contribution in [3.63, 3.8) is 0 Å². The number of halogens is 1. The summed E-state index contributed by atoms with van der Waals surface area (Å²) in [5.41, 5.74) is 0.604. The van der Waals surface area contributed by atoms with Gasteiger partial charge in [0.25, 0.3) is 0 Å². The summed E-state index contributed by atoms with van der Waals surface area (Å²) in [6.07, 6.45) is 0. The number of benzene rings is 1. The molecule has 0 bridgehead atoms. The van der Waals surface area contributed by atoms with Gasteiger partial charge in [-0.2, -0.15) is 0 Å². The standard InChI is InChI=1S/C16H23ClN2O4/c1-4-23-15-12(17)9-11(10-13(15)22-3)14(16(20)21)19-7-5-18(2)6-8-19/h9-10,14H,4-8H2,1-3H3,(H,20,21). The largest absolute Gasteiger partial charge is 0.493 e. The van der Waals surface area contributed by atoms with Crippen molar-refractivity contribution in [2.75, 3.05) is 46.9 Å². The number of hydrogen-bond acceptors (Lipinski definition) is 5. The Morgan fingerprint density at radius 1 is 1.35 bits per heavy atom. The fraction of sp³-hybridized carbons (Fsp3) is 0.562. The minimum atomic E-state index is -0.892. The van der Waals surface area contributed by atoms with Crippen LogP contribution in [0.25, 0.3) is 0 Å². The van der Waals surface area contributed by atoms with Crippen LogP contribution in [-0.4, -0.2) is 67.8 Å². The number of carbonyl (C=O) groups is 1. The molecule has 1 N–H and O–H groups in total. The van der Waals surface area contributed by atoms with E-state index < -0.39 is 12.0 Å². The molecule has 1 saturated heterocycles. The second kappa shape index (κ2) is 7.86. The molecule has 2 rings (SSSR count). The molecule has 0 aliphatic carbocycles. The van der Waals surface area contributed by atoms with Gasteiger partial charge in [-0.05, 0) is 31.7 Å². The molecule has 0 aromatic heterocycles. The van der Waals surface area contributed by atoms with Gasteiger partial charge in [0.1, 0.15) is 6.04 Å². The third-order valence-corrected chi connectivity index (χ3v) is 4.27. The van der Waals surface area contributed by atoms with Crippen LogP contribution >= 0.6 is 11.6 Å². The Morgan fingerprint density at radius 2 is 2.00 bits per heavy atom. The number of rotatable bonds is 6. The monoisotopic (exact) mass is 342 g/mol. The fourth-order valence-electron chi connectivity index (χ4n) is 2.77. The first-order chi connectivity index (χ1) is 11.0. The Kier molecular flexibility index (Phi) is 6.10. The van der Waals surface area contributed by atoms with Gasteiger partial charge in [-0.25, -0.2) is 0 Å². The van der Waals surface area contributed by atoms with Gasteiger partial charge in [-0.3, -0.25) is 9.69 Å². The van der Waals surface area contributed by atoms with Gasteiger partial charge in [-0.15, -0.1) is 0 Å². The van der Waals surface area contributed by atoms with E-state index in [1.807, 2.05) is 18.9 Å². The van der Waals surface area contributed by atoms with Gasteiger partial charge >= 0.3 is 5.97 Å². The molecule has 0 spiro atoms. The van der Waals surface area contributed by atoms with Crippen molar-refractivity contribution in [2.24, 2.45) is 0 Å². The van der Waals surface area contributed by atoms with Crippen LogP contribution < -0.4 is 9.47 Å². The van der Waals surface area contributed by atoms with Crippen LogP contribution in [0.15, 0.2) is 12.1 Å². The molecule has 1 aromatic carbocycles. The number of methoxy groups -OCH3 is 1. The van der Waals surface area contributed by atoms with E-state index in [0.717, 1.165) is 13.1 Å². The van der Waals surface area contributed by atoms with Gasteiger partial charge in [0.2, 0.25) is 0 Å². The summed E-state index contributed by atoms with van der Waals surface area (Å²) in [7, 11) is 3.55. The van der Waals surface area contributed by atoms with Crippen LogP contribution in [0, 0.1) is 0 Å². The Hall–Kier alpha value is -1.50. The molecule has 23 heavy (non-hydrogen) atoms. The summed E-state index contributed by atoms with van der Waals surface area (Å²) in [5.74, 6) is 0.00879. The van der Waals surface area contributed by atoms with Gasteiger partial charge in [-0.1, -0.05) is 11.6 Å². The molecule has 1 fully saturated rings. The molecular formula is C16H23ClN2O4. The van der Waals surface area contributed by atoms with Crippen molar-refractivity contribution in [1.82, 2.24) is 9.80 Å². The maximum atomic E-state index is 11.8. The van der Waals surface area contributed by atoms with Crippen LogP contribution in [-0.2, 0) is 4.79 Å². The quantitative estimate of drug-likeness (QED) is 0.854. The number of piperazine rings is 1. The SMILES string of the molecule is CCOc1c(Cl)cc(C(C(=O)O)N2CCN(C)CC2)cc1OC. The molecule has 128 valence electrons. The summed E-state index contributed by atoms with van der Waals surface area (Å²) >= 11 is 6.28. The van der Waals surface area contributed by atoms with Crippen molar-refractivity contribution in [1.29, 1.82) is 0 Å². The Bertz CT molecular complexity index is 559. The number of hydrogen-bond donors (Lipinski definition) is 1. The lowest BCUT2D eigenvalue weighted by molar-refractivity contribution is -0.144. The molecule has 0 amide bonds. The zero-order valence-electron chi connectivity index (χ0n) is 13.7. The van der Waals surface area contributed by atoms with Crippen LogP contribution in [0.2, 0.25) is 5.02 Å². The lowest BCUT2D eigenvalue weighted by Crippen LogP contribution is -2.47. The minimum Gasteiger partial charge on any atom is -0.493 e. The fourth-order valence-corrected chi connectivity index (χ4v) is 3.05. The van der Waals surface area contributed by atoms with E-state index in [2.05, 4.69) is 4.90 Å². The molecule has 7 heteroatoms. The zero-order chi connectivity index (χ0) is 17.0. The van der Waals surface area contributed by atoms with Crippen LogP contribution in [0.5, 0.6) is 11.5 Å². The van der Waals surface area contributed by atoms with Crippen molar-refractivity contribution in [2.45, 2.75) is 13.0 Å². The van der Waals surface area contributed by atoms with Crippen molar-refractivity contribution < 1.29 is 19.4 Å². The van der Waals surface area contributed by atoms with E-state index in [-0.39, 0.29) is 0 Å². The molecule has 1 unspecified atom stereocenters. The van der Waals surface area contributed by atoms with Gasteiger partial charge in [0, 0.05) is 26.2 Å². The third kappa shape index (κ3) is 4.07. The molecule has 6 nitrogen and oxygen atoms in total. The highest BCUT2D eigenvalue weighted by atomic mass is 35.5. The number of likely N-dealkylation sites (N-methyl/N-ethyl adjacent to an activating group) is 1. The lowest BCUT2D eigenvalue weighted by atomic mass is 10.0. The number of ether oxygens (including phenoxy) is 2. The van der Waals surface area contributed by atoms with Crippen LogP contribution in [0.3, 0.4) is 0 Å². The topological polar surface area (TPSA) is 62.2 Å². The van der Waals surface area contributed by atoms with Crippen molar-refractivity contribution in [3.8, 4) is 11.5 Å². The molecule has 1 atom stereocenters. The summed E-state index contributed by atoms with van der Waals surface area (Å²) in [4.78, 5) is 16.0. The van der Waals surface area contributed by atoms with Crippen molar-refractivity contribution >= 4 is 17.6 Å². The molecule has 1 aliphatic heterocycles. The maximum Gasteiger partial charge on any atom is 0.325 e. The lowest BCUT2D eigenvalue weighted by Gasteiger charge is -2.36. The molecule has 1 aromatic rings. The van der Waals surface area contributed by atoms with E-state index in [1.165, 1.54) is 7.11 Å². The second-order valence-corrected chi connectivity index (χ2v) is 5.95. The summed E-state index contributed by atoms with van der Waals surface area (Å²) in [6.45, 7) is 5.38. The average molecular weight is 343 g/mol. The van der Waals surface area contributed by atoms with Gasteiger partial charge in [0.05, 0.1) is 18.7 Å². The predicted molar refractivity (Wildman–Crippen MR) is 88.6 cm³/mol.